The summed E-state index contributed by atoms with van der Waals surface area (Å²) in [4.78, 5) is 16.9. The summed E-state index contributed by atoms with van der Waals surface area (Å²) in [5.41, 5.74) is 2.62. The van der Waals surface area contributed by atoms with Crippen LogP contribution >= 0.6 is 0 Å². The monoisotopic (exact) mass is 373 g/mol. The van der Waals surface area contributed by atoms with E-state index in [0.29, 0.717) is 24.6 Å². The average Bonchev–Trinajstić information content (AvgIpc) is 2.76. The third-order valence-electron chi connectivity index (χ3n) is 4.84. The molecular formula is C22H23N5O. The van der Waals surface area contributed by atoms with Gasteiger partial charge >= 0.3 is 0 Å². The second-order valence-electron chi connectivity index (χ2n) is 6.85. The second-order valence-corrected chi connectivity index (χ2v) is 6.85. The molecule has 142 valence electrons. The van der Waals surface area contributed by atoms with Crippen LogP contribution in [0.5, 0.6) is 0 Å². The van der Waals surface area contributed by atoms with Crippen LogP contribution < -0.4 is 5.32 Å². The molecule has 1 saturated heterocycles. The quantitative estimate of drug-likeness (QED) is 0.744. The molecule has 2 heterocycles. The average molecular weight is 373 g/mol. The molecule has 0 radical (unpaired) electrons. The van der Waals surface area contributed by atoms with Crippen molar-refractivity contribution in [3.05, 3.63) is 84.1 Å². The van der Waals surface area contributed by atoms with Gasteiger partial charge in [0, 0.05) is 38.4 Å². The maximum Gasteiger partial charge on any atom is 0.274 e. The summed E-state index contributed by atoms with van der Waals surface area (Å²) < 4.78 is 0. The van der Waals surface area contributed by atoms with Gasteiger partial charge < -0.3 is 10.2 Å². The Bertz CT molecular complexity index is 891. The number of para-hydroxylation sites is 1. The Balaban J connectivity index is 1.31. The molecule has 2 aromatic carbocycles. The number of piperazine rings is 1. The molecule has 0 aliphatic carbocycles. The van der Waals surface area contributed by atoms with Gasteiger partial charge in [-0.1, -0.05) is 48.5 Å². The Hall–Kier alpha value is -3.25. The predicted molar refractivity (Wildman–Crippen MR) is 109 cm³/mol. The van der Waals surface area contributed by atoms with Gasteiger partial charge in [0.2, 0.25) is 0 Å². The van der Waals surface area contributed by atoms with Gasteiger partial charge in [0.25, 0.3) is 5.91 Å². The summed E-state index contributed by atoms with van der Waals surface area (Å²) in [6.45, 7) is 4.06. The first-order valence-electron chi connectivity index (χ1n) is 9.49. The third kappa shape index (κ3) is 4.53. The van der Waals surface area contributed by atoms with Crippen molar-refractivity contribution in [1.29, 1.82) is 0 Å². The van der Waals surface area contributed by atoms with Crippen molar-refractivity contribution in [3.63, 3.8) is 0 Å². The molecule has 0 saturated carbocycles. The van der Waals surface area contributed by atoms with Crippen LogP contribution in [-0.2, 0) is 6.54 Å². The van der Waals surface area contributed by atoms with Crippen LogP contribution in [0.1, 0.15) is 16.1 Å². The maximum absolute atomic E-state index is 12.7. The lowest BCUT2D eigenvalue weighted by Gasteiger charge is -2.34. The lowest BCUT2D eigenvalue weighted by Crippen LogP contribution is -2.48. The van der Waals surface area contributed by atoms with E-state index in [1.807, 2.05) is 41.3 Å². The highest BCUT2D eigenvalue weighted by Crippen LogP contribution is 2.14. The molecule has 1 N–H and O–H groups in total. The number of hydrogen-bond donors (Lipinski definition) is 1. The van der Waals surface area contributed by atoms with Gasteiger partial charge in [-0.25, -0.2) is 0 Å². The van der Waals surface area contributed by atoms with Crippen LogP contribution in [0.3, 0.4) is 0 Å². The van der Waals surface area contributed by atoms with Crippen molar-refractivity contribution in [3.8, 4) is 0 Å². The number of hydrogen-bond acceptors (Lipinski definition) is 5. The summed E-state index contributed by atoms with van der Waals surface area (Å²) in [5.74, 6) is 0.563. The van der Waals surface area contributed by atoms with Crippen molar-refractivity contribution >= 4 is 17.4 Å². The summed E-state index contributed by atoms with van der Waals surface area (Å²) in [5, 5.41) is 11.4. The van der Waals surface area contributed by atoms with Crippen LogP contribution in [0.2, 0.25) is 0 Å². The fraction of sp³-hybridized carbons (Fsp3) is 0.227. The summed E-state index contributed by atoms with van der Waals surface area (Å²) in [6.07, 6.45) is 0. The normalized spacial score (nSPS) is 14.6. The molecular weight excluding hydrogens is 350 g/mol. The van der Waals surface area contributed by atoms with E-state index < -0.39 is 0 Å². The number of benzene rings is 2. The Morgan fingerprint density at radius 1 is 0.821 bits per heavy atom. The van der Waals surface area contributed by atoms with Crippen LogP contribution in [0.4, 0.5) is 11.5 Å². The highest BCUT2D eigenvalue weighted by molar-refractivity contribution is 5.92. The van der Waals surface area contributed by atoms with Crippen molar-refractivity contribution in [2.45, 2.75) is 6.54 Å². The molecule has 0 spiro atoms. The smallest absolute Gasteiger partial charge is 0.274 e. The molecule has 1 amide bonds. The zero-order valence-corrected chi connectivity index (χ0v) is 15.7. The number of nitrogens with one attached hydrogen (secondary N) is 1. The summed E-state index contributed by atoms with van der Waals surface area (Å²) in [6, 6.07) is 23.7. The first-order chi connectivity index (χ1) is 13.8. The van der Waals surface area contributed by atoms with E-state index in [9.17, 15) is 4.79 Å². The Kier molecular flexibility index (Phi) is 5.58. The van der Waals surface area contributed by atoms with E-state index in [1.54, 1.807) is 12.1 Å². The number of anilines is 2. The lowest BCUT2D eigenvalue weighted by atomic mass is 10.2. The maximum atomic E-state index is 12.7. The highest BCUT2D eigenvalue weighted by atomic mass is 16.2. The van der Waals surface area contributed by atoms with Gasteiger partial charge in [0.1, 0.15) is 0 Å². The lowest BCUT2D eigenvalue weighted by molar-refractivity contribution is 0.0621. The molecule has 1 aliphatic rings. The van der Waals surface area contributed by atoms with Gasteiger partial charge in [-0.3, -0.25) is 9.69 Å². The van der Waals surface area contributed by atoms with Crippen molar-refractivity contribution < 1.29 is 4.79 Å². The third-order valence-corrected chi connectivity index (χ3v) is 4.84. The Morgan fingerprint density at radius 3 is 2.14 bits per heavy atom. The van der Waals surface area contributed by atoms with Gasteiger partial charge in [-0.05, 0) is 29.8 Å². The van der Waals surface area contributed by atoms with E-state index in [4.69, 9.17) is 0 Å². The van der Waals surface area contributed by atoms with E-state index in [1.165, 1.54) is 5.56 Å². The number of rotatable bonds is 5. The Labute approximate surface area is 164 Å². The number of amides is 1. The standard InChI is InChI=1S/C22H23N5O/c28-22(20-11-12-21(25-24-20)23-19-9-5-2-6-10-19)27-15-13-26(14-16-27)17-18-7-3-1-4-8-18/h1-12H,13-17H2,(H,23,25). The molecule has 0 bridgehead atoms. The molecule has 1 aromatic heterocycles. The number of carbonyl (C=O) groups is 1. The molecule has 0 atom stereocenters. The van der Waals surface area contributed by atoms with Gasteiger partial charge in [0.05, 0.1) is 0 Å². The number of nitrogens with zero attached hydrogens (tertiary/aromatic N) is 4. The zero-order chi connectivity index (χ0) is 19.2. The largest absolute Gasteiger partial charge is 0.339 e. The van der Waals surface area contributed by atoms with Crippen LogP contribution in [0.25, 0.3) is 0 Å². The minimum Gasteiger partial charge on any atom is -0.339 e. The van der Waals surface area contributed by atoms with E-state index in [-0.39, 0.29) is 5.91 Å². The highest BCUT2D eigenvalue weighted by Gasteiger charge is 2.23. The molecule has 28 heavy (non-hydrogen) atoms. The van der Waals surface area contributed by atoms with Crippen LogP contribution in [0, 0.1) is 0 Å². The second kappa shape index (κ2) is 8.63. The first-order valence-corrected chi connectivity index (χ1v) is 9.49. The molecule has 4 rings (SSSR count). The minimum absolute atomic E-state index is 0.0573. The predicted octanol–water partition coefficient (Wildman–Crippen LogP) is 3.18. The molecule has 1 aliphatic heterocycles. The molecule has 1 fully saturated rings. The van der Waals surface area contributed by atoms with Gasteiger partial charge in [0.15, 0.2) is 11.5 Å². The fourth-order valence-corrected chi connectivity index (χ4v) is 3.30. The van der Waals surface area contributed by atoms with Crippen molar-refractivity contribution in [2.75, 3.05) is 31.5 Å². The van der Waals surface area contributed by atoms with Gasteiger partial charge in [-0.15, -0.1) is 10.2 Å². The number of aromatic nitrogens is 2. The molecule has 0 unspecified atom stereocenters. The van der Waals surface area contributed by atoms with Crippen molar-refractivity contribution in [2.24, 2.45) is 0 Å². The zero-order valence-electron chi connectivity index (χ0n) is 15.7. The summed E-state index contributed by atoms with van der Waals surface area (Å²) >= 11 is 0. The number of carbonyl (C=O) groups excluding carboxylic acids is 1. The van der Waals surface area contributed by atoms with E-state index in [2.05, 4.69) is 44.7 Å². The van der Waals surface area contributed by atoms with Crippen LogP contribution in [-0.4, -0.2) is 52.1 Å². The van der Waals surface area contributed by atoms with E-state index in [0.717, 1.165) is 25.3 Å². The molecule has 6 heteroatoms. The van der Waals surface area contributed by atoms with Crippen LogP contribution in [0.15, 0.2) is 72.8 Å². The first kappa shape index (κ1) is 18.1. The van der Waals surface area contributed by atoms with E-state index >= 15 is 0 Å². The van der Waals surface area contributed by atoms with Crippen molar-refractivity contribution in [1.82, 2.24) is 20.0 Å². The van der Waals surface area contributed by atoms with Gasteiger partial charge in [-0.2, -0.15) is 0 Å². The topological polar surface area (TPSA) is 61.4 Å². The molecule has 6 nitrogen and oxygen atoms in total. The SMILES string of the molecule is O=C(c1ccc(Nc2ccccc2)nn1)N1CCN(Cc2ccccc2)CC1. The molecule has 3 aromatic rings. The summed E-state index contributed by atoms with van der Waals surface area (Å²) in [7, 11) is 0. The Morgan fingerprint density at radius 2 is 1.50 bits per heavy atom. The minimum atomic E-state index is -0.0573. The fourth-order valence-electron chi connectivity index (χ4n) is 3.30.